The average Bonchev–Trinajstić information content (AvgIpc) is 2.93. The van der Waals surface area contributed by atoms with Crippen LogP contribution in [0.2, 0.25) is 0 Å². The lowest BCUT2D eigenvalue weighted by Gasteiger charge is -2.13. The van der Waals surface area contributed by atoms with Crippen LogP contribution in [0.4, 0.5) is 0 Å². The number of amides is 1. The molecule has 0 radical (unpaired) electrons. The second kappa shape index (κ2) is 7.62. The Hall–Kier alpha value is -2.57. The highest BCUT2D eigenvalue weighted by Gasteiger charge is 2.26. The topological polar surface area (TPSA) is 79.4 Å². The minimum Gasteiger partial charge on any atom is -0.497 e. The van der Waals surface area contributed by atoms with Crippen molar-refractivity contribution in [3.63, 3.8) is 0 Å². The number of nitrogens with one attached hydrogen (secondary N) is 1. The van der Waals surface area contributed by atoms with Crippen molar-refractivity contribution >= 4 is 5.91 Å². The fraction of sp³-hybridized carbons (Fsp3) is 0.438. The number of benzene rings is 1. The van der Waals surface area contributed by atoms with Crippen LogP contribution in [0.1, 0.15) is 31.9 Å². The molecule has 0 aliphatic carbocycles. The van der Waals surface area contributed by atoms with Crippen LogP contribution < -0.4 is 15.0 Å². The molecule has 0 aliphatic heterocycles. The molecule has 7 nitrogen and oxygen atoms in total. The predicted molar refractivity (Wildman–Crippen MR) is 83.4 cm³/mol. The van der Waals surface area contributed by atoms with E-state index in [2.05, 4.69) is 5.27 Å². The average molecular weight is 320 g/mol. The zero-order valence-electron chi connectivity index (χ0n) is 13.7. The zero-order chi connectivity index (χ0) is 16.8. The fourth-order valence-corrected chi connectivity index (χ4v) is 2.20. The summed E-state index contributed by atoms with van der Waals surface area (Å²) in [6.07, 6.45) is 2.27. The second-order valence-electron chi connectivity index (χ2n) is 5.31. The van der Waals surface area contributed by atoms with Crippen LogP contribution in [0.25, 0.3) is 5.69 Å². The van der Waals surface area contributed by atoms with Gasteiger partial charge in [-0.05, 0) is 28.5 Å². The van der Waals surface area contributed by atoms with Gasteiger partial charge in [0, 0.05) is 25.6 Å². The quantitative estimate of drug-likeness (QED) is 0.782. The number of methoxy groups -OCH3 is 1. The van der Waals surface area contributed by atoms with Gasteiger partial charge in [-0.15, -0.1) is 0 Å². The smallest absolute Gasteiger partial charge is 0.432 e. The highest BCUT2D eigenvalue weighted by atomic mass is 16.5. The monoisotopic (exact) mass is 320 g/mol. The molecule has 2 aromatic rings. The van der Waals surface area contributed by atoms with Gasteiger partial charge in [0.05, 0.1) is 7.11 Å². The van der Waals surface area contributed by atoms with E-state index in [1.807, 2.05) is 6.92 Å². The number of hydrogen-bond acceptors (Lipinski definition) is 4. The third-order valence-electron chi connectivity index (χ3n) is 3.62. The van der Waals surface area contributed by atoms with Crippen LogP contribution in [0.5, 0.6) is 5.75 Å². The van der Waals surface area contributed by atoms with Gasteiger partial charge in [0.25, 0.3) is 0 Å². The third kappa shape index (κ3) is 4.00. The molecular formula is C16H22N3O4+. The molecule has 124 valence electrons. The number of unbranched alkanes of at least 4 members (excludes halogenated alkanes) is 1. The van der Waals surface area contributed by atoms with Crippen molar-refractivity contribution in [3.05, 3.63) is 40.4 Å². The van der Waals surface area contributed by atoms with E-state index in [0.717, 1.165) is 18.5 Å². The highest BCUT2D eigenvalue weighted by Crippen LogP contribution is 2.11. The summed E-state index contributed by atoms with van der Waals surface area (Å²) in [6, 6.07) is 7.17. The van der Waals surface area contributed by atoms with Crippen LogP contribution in [0, 0.1) is 0 Å². The van der Waals surface area contributed by atoms with E-state index < -0.39 is 5.63 Å². The Balaban J connectivity index is 2.21. The van der Waals surface area contributed by atoms with E-state index in [-0.39, 0.29) is 12.5 Å². The number of nitrogens with zero attached hydrogens (tertiary/aromatic N) is 2. The Morgan fingerprint density at radius 1 is 1.35 bits per heavy atom. The molecular weight excluding hydrogens is 298 g/mol. The van der Waals surface area contributed by atoms with E-state index in [9.17, 15) is 9.59 Å². The van der Waals surface area contributed by atoms with Crippen molar-refractivity contribution in [2.24, 2.45) is 0 Å². The summed E-state index contributed by atoms with van der Waals surface area (Å²) < 4.78 is 11.5. The molecule has 0 saturated heterocycles. The molecule has 0 aliphatic rings. The first-order chi connectivity index (χ1) is 11.1. The molecule has 23 heavy (non-hydrogen) atoms. The van der Waals surface area contributed by atoms with Crippen molar-refractivity contribution < 1.29 is 18.7 Å². The van der Waals surface area contributed by atoms with Crippen LogP contribution in [-0.4, -0.2) is 30.2 Å². The predicted octanol–water partition coefficient (Wildman–Crippen LogP) is 1.40. The van der Waals surface area contributed by atoms with Crippen LogP contribution >= 0.6 is 0 Å². The normalized spacial score (nSPS) is 10.6. The molecule has 0 unspecified atom stereocenters. The summed E-state index contributed by atoms with van der Waals surface area (Å²) in [6.45, 7) is 2.21. The number of rotatable bonds is 7. The molecule has 1 aromatic carbocycles. The van der Waals surface area contributed by atoms with Crippen LogP contribution in [-0.2, 0) is 11.3 Å². The molecule has 0 saturated carbocycles. The minimum atomic E-state index is -0.490. The van der Waals surface area contributed by atoms with Gasteiger partial charge >= 0.3 is 11.3 Å². The number of carbonyl (C=O) groups is 1. The molecule has 1 aromatic heterocycles. The van der Waals surface area contributed by atoms with Crippen LogP contribution in [0.15, 0.2) is 33.6 Å². The van der Waals surface area contributed by atoms with Gasteiger partial charge in [0.15, 0.2) is 0 Å². The number of carbonyl (C=O) groups excluding carboxylic acids is 1. The van der Waals surface area contributed by atoms with E-state index in [1.165, 1.54) is 9.58 Å². The SMILES string of the molecule is CCCCC(=O)N(C)Cc1c(=O)o[nH][n+]1-c1ccc(OC)cc1. The third-order valence-corrected chi connectivity index (χ3v) is 3.62. The number of hydrogen-bond donors (Lipinski definition) is 1. The van der Waals surface area contributed by atoms with E-state index in [0.29, 0.717) is 17.9 Å². The number of ether oxygens (including phenoxy) is 1. The summed E-state index contributed by atoms with van der Waals surface area (Å²) in [7, 11) is 3.27. The van der Waals surface area contributed by atoms with Crippen molar-refractivity contribution in [3.8, 4) is 11.4 Å². The molecule has 0 spiro atoms. The molecule has 0 fully saturated rings. The molecule has 0 bridgehead atoms. The van der Waals surface area contributed by atoms with Crippen molar-refractivity contribution in [1.29, 1.82) is 0 Å². The Bertz CT molecular complexity index is 703. The van der Waals surface area contributed by atoms with Crippen molar-refractivity contribution in [2.45, 2.75) is 32.7 Å². The van der Waals surface area contributed by atoms with Crippen molar-refractivity contribution in [2.75, 3.05) is 14.2 Å². The summed E-state index contributed by atoms with van der Waals surface area (Å²) in [5.41, 5.74) is 0.597. The Morgan fingerprint density at radius 3 is 2.65 bits per heavy atom. The molecule has 1 N–H and O–H groups in total. The van der Waals surface area contributed by atoms with E-state index in [1.54, 1.807) is 38.4 Å². The lowest BCUT2D eigenvalue weighted by atomic mass is 10.2. The van der Waals surface area contributed by atoms with Gasteiger partial charge in [-0.1, -0.05) is 13.3 Å². The minimum absolute atomic E-state index is 0.00808. The largest absolute Gasteiger partial charge is 0.497 e. The summed E-state index contributed by atoms with van der Waals surface area (Å²) in [4.78, 5) is 25.5. The maximum atomic E-state index is 12.0. The van der Waals surface area contributed by atoms with Gasteiger partial charge in [-0.2, -0.15) is 0 Å². The van der Waals surface area contributed by atoms with Crippen molar-refractivity contribution in [1.82, 2.24) is 10.2 Å². The molecule has 0 atom stereocenters. The summed E-state index contributed by atoms with van der Waals surface area (Å²) in [5, 5.41) is 2.57. The Kier molecular flexibility index (Phi) is 5.56. The Morgan fingerprint density at radius 2 is 2.04 bits per heavy atom. The first-order valence-corrected chi connectivity index (χ1v) is 7.57. The fourth-order valence-electron chi connectivity index (χ4n) is 2.20. The van der Waals surface area contributed by atoms with E-state index >= 15 is 0 Å². The molecule has 7 heteroatoms. The van der Waals surface area contributed by atoms with Crippen LogP contribution in [0.3, 0.4) is 0 Å². The molecule has 2 rings (SSSR count). The summed E-state index contributed by atoms with van der Waals surface area (Å²) >= 11 is 0. The zero-order valence-corrected chi connectivity index (χ0v) is 13.7. The Labute approximate surface area is 134 Å². The van der Waals surface area contributed by atoms with Gasteiger partial charge in [0.1, 0.15) is 12.3 Å². The van der Waals surface area contributed by atoms with Gasteiger partial charge in [-0.25, -0.2) is 4.79 Å². The summed E-state index contributed by atoms with van der Waals surface area (Å²) in [5.74, 6) is 0.724. The number of aromatic amines is 1. The lowest BCUT2D eigenvalue weighted by molar-refractivity contribution is -0.678. The number of H-pyrrole nitrogens is 1. The standard InChI is InChI=1S/C16H21N3O4/c1-4-5-6-15(20)18(2)11-14-16(21)23-17-19(14)12-7-9-13(22-3)10-8-12/h7-10H,4-6,11H2,1-3H3/p+1. The second-order valence-corrected chi connectivity index (χ2v) is 5.31. The maximum Gasteiger partial charge on any atom is 0.432 e. The molecule has 1 heterocycles. The first kappa shape index (κ1) is 16.8. The lowest BCUT2D eigenvalue weighted by Crippen LogP contribution is -2.42. The first-order valence-electron chi connectivity index (χ1n) is 7.57. The number of aromatic nitrogens is 2. The van der Waals surface area contributed by atoms with E-state index in [4.69, 9.17) is 9.26 Å². The van der Waals surface area contributed by atoms with Gasteiger partial charge in [-0.3, -0.25) is 9.32 Å². The molecule has 1 amide bonds. The van der Waals surface area contributed by atoms with Gasteiger partial charge in [0.2, 0.25) is 11.6 Å². The highest BCUT2D eigenvalue weighted by molar-refractivity contribution is 5.75. The van der Waals surface area contributed by atoms with Gasteiger partial charge < -0.3 is 9.64 Å². The maximum absolute atomic E-state index is 12.0.